The minimum Gasteiger partial charge on any atom is -0.478 e. The molecule has 0 unspecified atom stereocenters. The van der Waals surface area contributed by atoms with Gasteiger partial charge >= 0.3 is 11.9 Å². The van der Waals surface area contributed by atoms with Crippen LogP contribution < -0.4 is 4.90 Å². The fraction of sp³-hybridized carbons (Fsp3) is 0.559. The topological polar surface area (TPSA) is 128 Å². The van der Waals surface area contributed by atoms with Crippen LogP contribution in [0.15, 0.2) is 59.3 Å². The van der Waals surface area contributed by atoms with E-state index in [9.17, 15) is 29.4 Å². The molecule has 0 aromatic carbocycles. The molecule has 0 spiro atoms. The smallest absolute Gasteiger partial charge is 0.336 e. The molecule has 2 N–H and O–H groups in total. The number of carboxylic acid groups (broad SMARTS) is 2. The zero-order chi connectivity index (χ0) is 30.5. The van der Waals surface area contributed by atoms with E-state index in [1.165, 1.54) is 0 Å². The predicted octanol–water partition coefficient (Wildman–Crippen LogP) is 4.16. The molecular weight excluding hydrogens is 546 g/mol. The molecule has 1 saturated heterocycles. The third-order valence-corrected chi connectivity index (χ3v) is 11.6. The number of aliphatic carboxylic acids is 2. The van der Waals surface area contributed by atoms with E-state index in [1.807, 2.05) is 24.4 Å². The summed E-state index contributed by atoms with van der Waals surface area (Å²) in [5.74, 6) is -0.904. The lowest BCUT2D eigenvalue weighted by Gasteiger charge is -2.57. The molecule has 2 heterocycles. The first-order valence-corrected chi connectivity index (χ1v) is 15.6. The van der Waals surface area contributed by atoms with Gasteiger partial charge in [-0.3, -0.25) is 14.5 Å². The molecule has 9 heteroatoms. The molecule has 1 aromatic heterocycles. The quantitative estimate of drug-likeness (QED) is 0.452. The molecule has 0 amide bonds. The van der Waals surface area contributed by atoms with Crippen molar-refractivity contribution in [3.05, 3.63) is 59.3 Å². The van der Waals surface area contributed by atoms with Crippen LogP contribution in [-0.4, -0.2) is 76.3 Å². The first-order chi connectivity index (χ1) is 20.5. The Morgan fingerprint density at radius 3 is 2.47 bits per heavy atom. The van der Waals surface area contributed by atoms with Gasteiger partial charge in [0.15, 0.2) is 5.78 Å². The highest BCUT2D eigenvalue weighted by molar-refractivity contribution is 6.17. The number of carbonyl (C=O) groups excluding carboxylic acids is 2. The molecule has 6 atom stereocenters. The molecule has 0 radical (unpaired) electrons. The Balaban J connectivity index is 1.17. The van der Waals surface area contributed by atoms with Crippen LogP contribution in [0.3, 0.4) is 0 Å². The first kappa shape index (κ1) is 29.5. The summed E-state index contributed by atoms with van der Waals surface area (Å²) in [6, 6.07) is 5.95. The van der Waals surface area contributed by atoms with E-state index < -0.39 is 28.7 Å². The highest BCUT2D eigenvalue weighted by Crippen LogP contribution is 2.66. The zero-order valence-corrected chi connectivity index (χ0v) is 25.0. The second-order valence-corrected chi connectivity index (χ2v) is 13.6. The van der Waals surface area contributed by atoms with E-state index in [2.05, 4.69) is 28.6 Å². The van der Waals surface area contributed by atoms with Gasteiger partial charge in [0.1, 0.15) is 11.6 Å². The average molecular weight is 588 g/mol. The molecule has 228 valence electrons. The van der Waals surface area contributed by atoms with Gasteiger partial charge in [-0.1, -0.05) is 31.6 Å². The summed E-state index contributed by atoms with van der Waals surface area (Å²) >= 11 is 0. The Labute approximate surface area is 252 Å². The number of pyridine rings is 1. The molecule has 4 aliphatic carbocycles. The normalized spacial score (nSPS) is 34.4. The van der Waals surface area contributed by atoms with E-state index >= 15 is 0 Å². The number of ketones is 2. The molecule has 6 rings (SSSR count). The van der Waals surface area contributed by atoms with Gasteiger partial charge in [-0.2, -0.15) is 0 Å². The number of allylic oxidation sites excluding steroid dienone is 3. The third kappa shape index (κ3) is 5.15. The number of aromatic nitrogens is 1. The van der Waals surface area contributed by atoms with Crippen LogP contribution in [0.2, 0.25) is 0 Å². The van der Waals surface area contributed by atoms with Crippen molar-refractivity contribution in [1.29, 1.82) is 0 Å². The van der Waals surface area contributed by atoms with Crippen molar-refractivity contribution in [1.82, 2.24) is 9.88 Å². The lowest BCUT2D eigenvalue weighted by molar-refractivity contribution is -0.135. The second-order valence-electron chi connectivity index (χ2n) is 13.6. The Morgan fingerprint density at radius 1 is 1.02 bits per heavy atom. The van der Waals surface area contributed by atoms with Gasteiger partial charge in [0, 0.05) is 55.4 Å². The zero-order valence-electron chi connectivity index (χ0n) is 25.0. The van der Waals surface area contributed by atoms with Gasteiger partial charge < -0.3 is 15.1 Å². The molecule has 9 nitrogen and oxygen atoms in total. The number of anilines is 1. The van der Waals surface area contributed by atoms with Crippen molar-refractivity contribution >= 4 is 29.3 Å². The lowest BCUT2D eigenvalue weighted by Crippen LogP contribution is -2.52. The Hall–Kier alpha value is -3.59. The summed E-state index contributed by atoms with van der Waals surface area (Å²) in [6.45, 7) is 8.30. The van der Waals surface area contributed by atoms with Crippen LogP contribution in [-0.2, 0) is 19.2 Å². The number of carbonyl (C=O) groups is 4. The monoisotopic (exact) mass is 587 g/mol. The SMILES string of the molecule is C[C@]12CC[C@H]3[C@@H](CCC4=CC(=O)C(C(=CC(=O)O)C(=O)O)=C[C@@]43C)[C@@H]1CC[C@@H]2C(=O)CN1CCN(c2ccccn2)CC1. The van der Waals surface area contributed by atoms with Gasteiger partial charge in [-0.15, -0.1) is 0 Å². The maximum Gasteiger partial charge on any atom is 0.336 e. The largest absolute Gasteiger partial charge is 0.478 e. The predicted molar refractivity (Wildman–Crippen MR) is 160 cm³/mol. The van der Waals surface area contributed by atoms with Crippen LogP contribution in [0.1, 0.15) is 52.4 Å². The van der Waals surface area contributed by atoms with Gasteiger partial charge in [-0.05, 0) is 79.9 Å². The number of fused-ring (bicyclic) bond motifs is 5. The molecule has 5 aliphatic rings. The number of hydrogen-bond acceptors (Lipinski definition) is 7. The van der Waals surface area contributed by atoms with Crippen molar-refractivity contribution in [2.75, 3.05) is 37.6 Å². The Morgan fingerprint density at radius 2 is 1.79 bits per heavy atom. The minimum atomic E-state index is -1.42. The third-order valence-electron chi connectivity index (χ3n) is 11.6. The highest BCUT2D eigenvalue weighted by atomic mass is 16.4. The second kappa shape index (κ2) is 11.2. The fourth-order valence-electron chi connectivity index (χ4n) is 9.42. The maximum absolute atomic E-state index is 13.8. The van der Waals surface area contributed by atoms with E-state index in [1.54, 1.807) is 12.2 Å². The average Bonchev–Trinajstić information content (AvgIpc) is 3.34. The summed E-state index contributed by atoms with van der Waals surface area (Å²) in [6.07, 6.45) is 11.2. The number of rotatable bonds is 7. The van der Waals surface area contributed by atoms with E-state index in [4.69, 9.17) is 0 Å². The molecule has 3 saturated carbocycles. The summed E-state index contributed by atoms with van der Waals surface area (Å²) in [4.78, 5) is 59.2. The molecule has 4 fully saturated rings. The summed E-state index contributed by atoms with van der Waals surface area (Å²) in [5, 5.41) is 19.0. The summed E-state index contributed by atoms with van der Waals surface area (Å²) < 4.78 is 0. The number of Topliss-reactive ketones (excluding diaryl/α,β-unsaturated/α-hetero) is 1. The number of carboxylic acids is 2. The number of piperazine rings is 1. The first-order valence-electron chi connectivity index (χ1n) is 15.6. The fourth-order valence-corrected chi connectivity index (χ4v) is 9.42. The van der Waals surface area contributed by atoms with E-state index in [0.29, 0.717) is 30.2 Å². The van der Waals surface area contributed by atoms with Crippen molar-refractivity contribution in [2.45, 2.75) is 52.4 Å². The van der Waals surface area contributed by atoms with Crippen molar-refractivity contribution < 1.29 is 29.4 Å². The van der Waals surface area contributed by atoms with Crippen molar-refractivity contribution in [2.24, 2.45) is 34.5 Å². The molecule has 1 aliphatic heterocycles. The molecule has 1 aromatic rings. The van der Waals surface area contributed by atoms with Crippen LogP contribution >= 0.6 is 0 Å². The Bertz CT molecular complexity index is 1420. The van der Waals surface area contributed by atoms with Crippen LogP contribution in [0.5, 0.6) is 0 Å². The summed E-state index contributed by atoms with van der Waals surface area (Å²) in [7, 11) is 0. The van der Waals surface area contributed by atoms with Crippen molar-refractivity contribution in [3.8, 4) is 0 Å². The van der Waals surface area contributed by atoms with Crippen molar-refractivity contribution in [3.63, 3.8) is 0 Å². The molecular formula is C34H41N3O6. The van der Waals surface area contributed by atoms with Crippen LogP contribution in [0.4, 0.5) is 5.82 Å². The maximum atomic E-state index is 13.8. The van der Waals surface area contributed by atoms with Gasteiger partial charge in [0.2, 0.25) is 0 Å². The summed E-state index contributed by atoms with van der Waals surface area (Å²) in [5.41, 5.74) is -0.0721. The van der Waals surface area contributed by atoms with Gasteiger partial charge in [0.05, 0.1) is 12.1 Å². The molecule has 0 bridgehead atoms. The van der Waals surface area contributed by atoms with Crippen LogP contribution in [0.25, 0.3) is 0 Å². The molecule has 43 heavy (non-hydrogen) atoms. The highest BCUT2D eigenvalue weighted by Gasteiger charge is 2.60. The van der Waals surface area contributed by atoms with E-state index in [-0.39, 0.29) is 22.8 Å². The minimum absolute atomic E-state index is 0.0299. The number of hydrogen-bond donors (Lipinski definition) is 2. The standard InChI is InChI=1S/C34H41N3O6/c1-33-11-10-26-22(7-6-21-17-28(38)24(19-34(21,26)2)23(32(42)43)18-31(40)41)25(33)8-9-27(33)29(39)20-36-13-15-37(16-14-36)30-5-3-4-12-35-30/h3-5,12,17-19,22,25-27H,6-11,13-16,20H2,1-2H3,(H,40,41)(H,42,43)/t22-,25-,26-,27+,33-,34-/m0/s1. The lowest BCUT2D eigenvalue weighted by atomic mass is 9.47. The number of nitrogens with zero attached hydrogens (tertiary/aromatic N) is 3. The van der Waals surface area contributed by atoms with Gasteiger partial charge in [-0.25, -0.2) is 14.6 Å². The van der Waals surface area contributed by atoms with E-state index in [0.717, 1.165) is 76.1 Å². The van der Waals surface area contributed by atoms with Gasteiger partial charge in [0.25, 0.3) is 0 Å². The Kier molecular flexibility index (Phi) is 7.65. The van der Waals surface area contributed by atoms with Crippen LogP contribution in [0, 0.1) is 34.5 Å².